The zero-order valence-electron chi connectivity index (χ0n) is 9.63. The van der Waals surface area contributed by atoms with Gasteiger partial charge >= 0.3 is 0 Å². The summed E-state index contributed by atoms with van der Waals surface area (Å²) in [6, 6.07) is 5.62. The fourth-order valence-electron chi connectivity index (χ4n) is 1.43. The molecule has 1 N–H and O–H groups in total. The van der Waals surface area contributed by atoms with Gasteiger partial charge in [-0.15, -0.1) is 23.2 Å². The minimum atomic E-state index is -0.101. The van der Waals surface area contributed by atoms with Crippen molar-refractivity contribution in [3.05, 3.63) is 29.3 Å². The molecule has 1 rings (SSSR count). The Labute approximate surface area is 111 Å². The molecule has 0 unspecified atom stereocenters. The van der Waals surface area contributed by atoms with Crippen molar-refractivity contribution in [3.8, 4) is 0 Å². The summed E-state index contributed by atoms with van der Waals surface area (Å²) in [4.78, 5) is 11.6. The Bertz CT molecular complexity index is 361. The average molecular weight is 276 g/mol. The lowest BCUT2D eigenvalue weighted by molar-refractivity contribution is -0.117. The molecule has 0 atom stereocenters. The summed E-state index contributed by atoms with van der Waals surface area (Å²) in [6.07, 6.45) is 0.314. The van der Waals surface area contributed by atoms with E-state index in [1.165, 1.54) is 0 Å². The molecule has 3 nitrogen and oxygen atoms in total. The smallest absolute Gasteiger partial charge is 0.226 e. The Morgan fingerprint density at radius 3 is 2.35 bits per heavy atom. The molecule has 0 fully saturated rings. The number of alkyl halides is 2. The zero-order chi connectivity index (χ0) is 12.7. The van der Waals surface area contributed by atoms with Crippen molar-refractivity contribution in [1.82, 2.24) is 0 Å². The van der Waals surface area contributed by atoms with E-state index < -0.39 is 0 Å². The largest absolute Gasteiger partial charge is 0.384 e. The van der Waals surface area contributed by atoms with Crippen molar-refractivity contribution >= 4 is 34.8 Å². The highest BCUT2D eigenvalue weighted by molar-refractivity contribution is 6.19. The maximum atomic E-state index is 11.6. The standard InChI is InChI=1S/C12H15Cl2NO2/c1-17-6-5-11(16)15-12-9(7-13)3-2-4-10(12)8-14/h2-4H,5-8H2,1H3,(H,15,16). The maximum absolute atomic E-state index is 11.6. The van der Waals surface area contributed by atoms with E-state index in [1.54, 1.807) is 7.11 Å². The van der Waals surface area contributed by atoms with Gasteiger partial charge in [0.05, 0.1) is 13.0 Å². The first kappa shape index (κ1) is 14.3. The van der Waals surface area contributed by atoms with Gasteiger partial charge in [-0.25, -0.2) is 0 Å². The Morgan fingerprint density at radius 1 is 1.29 bits per heavy atom. The highest BCUT2D eigenvalue weighted by atomic mass is 35.5. The van der Waals surface area contributed by atoms with Crippen molar-refractivity contribution in [2.75, 3.05) is 19.0 Å². The van der Waals surface area contributed by atoms with Gasteiger partial charge in [0.15, 0.2) is 0 Å². The number of benzene rings is 1. The van der Waals surface area contributed by atoms with E-state index in [2.05, 4.69) is 5.32 Å². The number of rotatable bonds is 6. The van der Waals surface area contributed by atoms with Crippen molar-refractivity contribution in [2.45, 2.75) is 18.2 Å². The minimum Gasteiger partial charge on any atom is -0.384 e. The summed E-state index contributed by atoms with van der Waals surface area (Å²) in [5.74, 6) is 0.575. The molecule has 0 aliphatic carbocycles. The number of carbonyl (C=O) groups is 1. The molecule has 0 heterocycles. The monoisotopic (exact) mass is 275 g/mol. The van der Waals surface area contributed by atoms with Crippen LogP contribution < -0.4 is 5.32 Å². The molecule has 0 aromatic heterocycles. The molecule has 1 aromatic rings. The van der Waals surface area contributed by atoms with Crippen LogP contribution in [0, 0.1) is 0 Å². The lowest BCUT2D eigenvalue weighted by Gasteiger charge is -2.13. The minimum absolute atomic E-state index is 0.101. The van der Waals surface area contributed by atoms with Gasteiger partial charge in [-0.05, 0) is 11.1 Å². The number of halogens is 2. The molecule has 17 heavy (non-hydrogen) atoms. The van der Waals surface area contributed by atoms with Crippen LogP contribution in [0.4, 0.5) is 5.69 Å². The second-order valence-electron chi connectivity index (χ2n) is 3.51. The van der Waals surface area contributed by atoms with E-state index in [0.717, 1.165) is 16.8 Å². The number of hydrogen-bond donors (Lipinski definition) is 1. The van der Waals surface area contributed by atoms with E-state index >= 15 is 0 Å². The highest BCUT2D eigenvalue weighted by Gasteiger charge is 2.10. The van der Waals surface area contributed by atoms with Crippen molar-refractivity contribution in [2.24, 2.45) is 0 Å². The molecular formula is C12H15Cl2NO2. The summed E-state index contributed by atoms with van der Waals surface area (Å²) >= 11 is 11.7. The highest BCUT2D eigenvalue weighted by Crippen LogP contribution is 2.24. The Morgan fingerprint density at radius 2 is 1.88 bits per heavy atom. The van der Waals surface area contributed by atoms with Crippen LogP contribution in [-0.4, -0.2) is 19.6 Å². The van der Waals surface area contributed by atoms with Gasteiger partial charge in [-0.2, -0.15) is 0 Å². The van der Waals surface area contributed by atoms with Gasteiger partial charge in [-0.1, -0.05) is 18.2 Å². The Balaban J connectivity index is 2.83. The lowest BCUT2D eigenvalue weighted by atomic mass is 10.1. The number of amides is 1. The molecule has 1 aromatic carbocycles. The molecule has 0 saturated carbocycles. The number of hydrogen-bond acceptors (Lipinski definition) is 2. The second-order valence-corrected chi connectivity index (χ2v) is 4.04. The first-order valence-corrected chi connectivity index (χ1v) is 6.31. The third-order valence-corrected chi connectivity index (χ3v) is 2.90. The van der Waals surface area contributed by atoms with E-state index in [0.29, 0.717) is 24.8 Å². The molecule has 0 saturated heterocycles. The number of anilines is 1. The number of para-hydroxylation sites is 1. The summed E-state index contributed by atoms with van der Waals surface area (Å²) < 4.78 is 4.85. The van der Waals surface area contributed by atoms with Gasteiger partial charge in [-0.3, -0.25) is 4.79 Å². The number of nitrogens with one attached hydrogen (secondary N) is 1. The van der Waals surface area contributed by atoms with Crippen molar-refractivity contribution in [3.63, 3.8) is 0 Å². The summed E-state index contributed by atoms with van der Waals surface area (Å²) in [5, 5.41) is 2.83. The fraction of sp³-hybridized carbons (Fsp3) is 0.417. The Hall–Kier alpha value is -0.770. The van der Waals surface area contributed by atoms with Crippen LogP contribution in [0.25, 0.3) is 0 Å². The molecular weight excluding hydrogens is 261 g/mol. The van der Waals surface area contributed by atoms with Gasteiger partial charge < -0.3 is 10.1 Å². The van der Waals surface area contributed by atoms with E-state index in [9.17, 15) is 4.79 Å². The van der Waals surface area contributed by atoms with Gasteiger partial charge in [0.25, 0.3) is 0 Å². The first-order chi connectivity index (χ1) is 8.22. The molecule has 0 bridgehead atoms. The van der Waals surface area contributed by atoms with E-state index in [1.807, 2.05) is 18.2 Å². The summed E-state index contributed by atoms with van der Waals surface area (Å²) in [5.41, 5.74) is 2.46. The van der Waals surface area contributed by atoms with E-state index in [4.69, 9.17) is 27.9 Å². The van der Waals surface area contributed by atoms with Crippen LogP contribution >= 0.6 is 23.2 Å². The van der Waals surface area contributed by atoms with Crippen LogP contribution in [0.5, 0.6) is 0 Å². The Kier molecular flexibility index (Phi) is 6.34. The number of ether oxygens (including phenoxy) is 1. The summed E-state index contributed by atoms with van der Waals surface area (Å²) in [7, 11) is 1.56. The van der Waals surface area contributed by atoms with Crippen LogP contribution in [0.1, 0.15) is 17.5 Å². The van der Waals surface area contributed by atoms with Crippen LogP contribution in [-0.2, 0) is 21.3 Å². The van der Waals surface area contributed by atoms with Crippen molar-refractivity contribution < 1.29 is 9.53 Å². The molecule has 94 valence electrons. The number of carbonyl (C=O) groups excluding carboxylic acids is 1. The topological polar surface area (TPSA) is 38.3 Å². The van der Waals surface area contributed by atoms with Crippen LogP contribution in [0.3, 0.4) is 0 Å². The normalized spacial score (nSPS) is 10.3. The lowest BCUT2D eigenvalue weighted by Crippen LogP contribution is -2.16. The molecule has 0 aliphatic rings. The van der Waals surface area contributed by atoms with Gasteiger partial charge in [0.2, 0.25) is 5.91 Å². The summed E-state index contributed by atoms with van der Waals surface area (Å²) in [6.45, 7) is 0.394. The SMILES string of the molecule is COCCC(=O)Nc1c(CCl)cccc1CCl. The predicted octanol–water partition coefficient (Wildman–Crippen LogP) is 3.14. The quantitative estimate of drug-likeness (QED) is 0.810. The van der Waals surface area contributed by atoms with Crippen molar-refractivity contribution in [1.29, 1.82) is 0 Å². The molecule has 0 radical (unpaired) electrons. The fourth-order valence-corrected chi connectivity index (χ4v) is 1.88. The molecule has 0 spiro atoms. The molecule has 0 aliphatic heterocycles. The first-order valence-electron chi connectivity index (χ1n) is 5.24. The number of methoxy groups -OCH3 is 1. The molecule has 1 amide bonds. The van der Waals surface area contributed by atoms with Gasteiger partial charge in [0.1, 0.15) is 0 Å². The molecule has 5 heteroatoms. The van der Waals surface area contributed by atoms with Gasteiger partial charge in [0, 0.05) is 24.6 Å². The average Bonchev–Trinajstić information content (AvgIpc) is 2.36. The third kappa shape index (κ3) is 4.19. The predicted molar refractivity (Wildman–Crippen MR) is 70.7 cm³/mol. The maximum Gasteiger partial charge on any atom is 0.226 e. The van der Waals surface area contributed by atoms with Crippen LogP contribution in [0.15, 0.2) is 18.2 Å². The third-order valence-electron chi connectivity index (χ3n) is 2.32. The zero-order valence-corrected chi connectivity index (χ0v) is 11.1. The van der Waals surface area contributed by atoms with Crippen LogP contribution in [0.2, 0.25) is 0 Å². The second kappa shape index (κ2) is 7.54. The van der Waals surface area contributed by atoms with E-state index in [-0.39, 0.29) is 5.91 Å².